The number of halogens is 3. The molecule has 0 saturated carbocycles. The van der Waals surface area contributed by atoms with E-state index in [2.05, 4.69) is 15.3 Å². The number of phenolic OH excluding ortho intramolecular Hbond substituents is 1. The van der Waals surface area contributed by atoms with Gasteiger partial charge in [-0.15, -0.1) is 0 Å². The van der Waals surface area contributed by atoms with E-state index in [-0.39, 0.29) is 34.1 Å². The number of nitrogens with one attached hydrogen (secondary N) is 1. The Bertz CT molecular complexity index is 1930. The van der Waals surface area contributed by atoms with Crippen LogP contribution in [-0.2, 0) is 29.0 Å². The molecule has 0 radical (unpaired) electrons. The molecule has 2 aliphatic rings. The summed E-state index contributed by atoms with van der Waals surface area (Å²) in [6.07, 6.45) is 2.40. The van der Waals surface area contributed by atoms with Crippen molar-refractivity contribution in [1.29, 1.82) is 0 Å². The van der Waals surface area contributed by atoms with Gasteiger partial charge >= 0.3 is 0 Å². The van der Waals surface area contributed by atoms with Crippen LogP contribution in [0.5, 0.6) is 11.5 Å². The molecule has 0 aliphatic carbocycles. The van der Waals surface area contributed by atoms with E-state index in [1.165, 1.54) is 21.4 Å². The molecule has 1 fully saturated rings. The first-order chi connectivity index (χ1) is 21.0. The number of anilines is 2. The van der Waals surface area contributed by atoms with Crippen molar-refractivity contribution in [2.24, 2.45) is 5.73 Å². The maximum absolute atomic E-state index is 15.3. The standard InChI is InChI=1S/C28H26ClF2N7O6/c1-12-11-44-6-5-37(12)18-8-16(21(29)25(31)34-18)33-19(39)10-36-9-15(13-7-14(26(32)42)23(40)24(41)22(13)30)20-27(36)35-17-3-2-4-38(17)28(20)43/h7-9,12,40-41H,2-6,10-11H2,1H3,(H2,32,42)(H,33,34,39)/t12-/m0/s1. The van der Waals surface area contributed by atoms with Crippen molar-refractivity contribution in [2.45, 2.75) is 38.9 Å². The van der Waals surface area contributed by atoms with E-state index in [4.69, 9.17) is 22.1 Å². The third-order valence-corrected chi connectivity index (χ3v) is 8.12. The number of pyridine rings is 1. The summed E-state index contributed by atoms with van der Waals surface area (Å²) in [5, 5.41) is 22.4. The van der Waals surface area contributed by atoms with Crippen molar-refractivity contribution in [1.82, 2.24) is 19.1 Å². The van der Waals surface area contributed by atoms with Crippen LogP contribution < -0.4 is 21.5 Å². The molecule has 230 valence electrons. The number of primary amides is 1. The lowest BCUT2D eigenvalue weighted by atomic mass is 10.0. The van der Waals surface area contributed by atoms with Crippen LogP contribution in [0.15, 0.2) is 23.1 Å². The molecule has 5 N–H and O–H groups in total. The first-order valence-electron chi connectivity index (χ1n) is 13.6. The molecule has 0 spiro atoms. The fourth-order valence-electron chi connectivity index (χ4n) is 5.61. The summed E-state index contributed by atoms with van der Waals surface area (Å²) in [4.78, 5) is 49.1. The zero-order chi connectivity index (χ0) is 31.4. The zero-order valence-corrected chi connectivity index (χ0v) is 24.0. The molecular weight excluding hydrogens is 604 g/mol. The summed E-state index contributed by atoms with van der Waals surface area (Å²) in [5.74, 6) is -5.70. The van der Waals surface area contributed by atoms with Crippen molar-refractivity contribution in [3.63, 3.8) is 0 Å². The van der Waals surface area contributed by atoms with Gasteiger partial charge < -0.3 is 35.5 Å². The van der Waals surface area contributed by atoms with Crippen molar-refractivity contribution in [2.75, 3.05) is 30.0 Å². The molecule has 0 unspecified atom stereocenters. The molecule has 44 heavy (non-hydrogen) atoms. The molecule has 3 aromatic heterocycles. The second-order valence-electron chi connectivity index (χ2n) is 10.6. The summed E-state index contributed by atoms with van der Waals surface area (Å²) >= 11 is 6.15. The minimum atomic E-state index is -1.31. The van der Waals surface area contributed by atoms with Gasteiger partial charge in [0.1, 0.15) is 28.9 Å². The van der Waals surface area contributed by atoms with Gasteiger partial charge in [-0.3, -0.25) is 19.0 Å². The topological polar surface area (TPSA) is 178 Å². The number of hydrogen-bond acceptors (Lipinski definition) is 9. The third-order valence-electron chi connectivity index (χ3n) is 7.76. The molecule has 4 aromatic rings. The first-order valence-corrected chi connectivity index (χ1v) is 14.0. The van der Waals surface area contributed by atoms with Gasteiger partial charge in [0.15, 0.2) is 17.3 Å². The highest BCUT2D eigenvalue weighted by atomic mass is 35.5. The van der Waals surface area contributed by atoms with Gasteiger partial charge in [-0.05, 0) is 19.4 Å². The molecule has 0 bridgehead atoms. The number of nitrogens with two attached hydrogens (primary N) is 1. The molecule has 16 heteroatoms. The number of benzene rings is 1. The number of hydrogen-bond donors (Lipinski definition) is 4. The highest BCUT2D eigenvalue weighted by molar-refractivity contribution is 6.33. The Labute approximate surface area is 252 Å². The number of carbonyl (C=O) groups excluding carboxylic acids is 2. The van der Waals surface area contributed by atoms with Gasteiger partial charge in [-0.2, -0.15) is 4.39 Å². The van der Waals surface area contributed by atoms with Crippen LogP contribution >= 0.6 is 11.6 Å². The lowest BCUT2D eigenvalue weighted by Crippen LogP contribution is -2.44. The first kappa shape index (κ1) is 29.3. The Morgan fingerprint density at radius 2 is 1.95 bits per heavy atom. The lowest BCUT2D eigenvalue weighted by Gasteiger charge is -2.34. The molecule has 1 aromatic carbocycles. The quantitative estimate of drug-likeness (QED) is 0.184. The SMILES string of the molecule is C[C@H]1COCCN1c1cc(NC(=O)Cn2cc(-c3cc(C(N)=O)c(O)c(O)c3F)c3c(=O)n4c(nc32)CCC4)c(Cl)c(F)n1. The van der Waals surface area contributed by atoms with E-state index in [1.807, 2.05) is 11.8 Å². The number of amides is 2. The maximum Gasteiger partial charge on any atom is 0.263 e. The molecule has 6 rings (SSSR count). The Morgan fingerprint density at radius 3 is 2.68 bits per heavy atom. The number of aryl methyl sites for hydroxylation is 1. The van der Waals surface area contributed by atoms with Crippen LogP contribution in [0.2, 0.25) is 5.02 Å². The number of morpholine rings is 1. The second kappa shape index (κ2) is 11.1. The summed E-state index contributed by atoms with van der Waals surface area (Å²) in [6, 6.07) is 2.26. The number of nitrogens with zero attached hydrogens (tertiary/aromatic N) is 5. The predicted octanol–water partition coefficient (Wildman–Crippen LogP) is 2.51. The summed E-state index contributed by atoms with van der Waals surface area (Å²) in [5.41, 5.74) is 3.70. The molecule has 2 aliphatic heterocycles. The van der Waals surface area contributed by atoms with Crippen molar-refractivity contribution in [3.8, 4) is 22.6 Å². The van der Waals surface area contributed by atoms with Gasteiger partial charge in [0.05, 0.1) is 35.9 Å². The van der Waals surface area contributed by atoms with Crippen LogP contribution in [0.25, 0.3) is 22.2 Å². The van der Waals surface area contributed by atoms with Gasteiger partial charge in [0.25, 0.3) is 11.5 Å². The maximum atomic E-state index is 15.3. The molecule has 2 amide bonds. The Hall–Kier alpha value is -4.76. The predicted molar refractivity (Wildman–Crippen MR) is 155 cm³/mol. The third kappa shape index (κ3) is 4.87. The van der Waals surface area contributed by atoms with E-state index in [0.717, 1.165) is 6.07 Å². The van der Waals surface area contributed by atoms with Crippen molar-refractivity contribution >= 4 is 46.0 Å². The molecular formula is C28H26ClF2N7O6. The van der Waals surface area contributed by atoms with Crippen molar-refractivity contribution < 1.29 is 33.3 Å². The van der Waals surface area contributed by atoms with Crippen LogP contribution in [0, 0.1) is 11.8 Å². The number of aromatic hydroxyl groups is 2. The van der Waals surface area contributed by atoms with Crippen molar-refractivity contribution in [3.05, 3.63) is 56.9 Å². The number of phenols is 2. The van der Waals surface area contributed by atoms with Crippen LogP contribution in [0.1, 0.15) is 29.5 Å². The van der Waals surface area contributed by atoms with Crippen LogP contribution in [0.3, 0.4) is 0 Å². The van der Waals surface area contributed by atoms with E-state index in [0.29, 0.717) is 45.0 Å². The lowest BCUT2D eigenvalue weighted by molar-refractivity contribution is -0.116. The van der Waals surface area contributed by atoms with Gasteiger partial charge in [0, 0.05) is 42.9 Å². The van der Waals surface area contributed by atoms with E-state index < -0.39 is 63.3 Å². The normalized spacial score (nSPS) is 16.4. The molecule has 1 saturated heterocycles. The summed E-state index contributed by atoms with van der Waals surface area (Å²) < 4.78 is 38.2. The number of ether oxygens (including phenoxy) is 1. The summed E-state index contributed by atoms with van der Waals surface area (Å²) in [7, 11) is 0. The van der Waals surface area contributed by atoms with Crippen LogP contribution in [0.4, 0.5) is 20.3 Å². The summed E-state index contributed by atoms with van der Waals surface area (Å²) in [6.45, 7) is 3.06. The number of fused-ring (bicyclic) bond motifs is 2. The van der Waals surface area contributed by atoms with E-state index in [9.17, 15) is 29.0 Å². The smallest absolute Gasteiger partial charge is 0.263 e. The van der Waals surface area contributed by atoms with Gasteiger partial charge in [-0.1, -0.05) is 11.6 Å². The minimum absolute atomic E-state index is 0.0377. The Balaban J connectivity index is 1.42. The highest BCUT2D eigenvalue weighted by Gasteiger charge is 2.28. The van der Waals surface area contributed by atoms with Crippen LogP contribution in [-0.4, -0.2) is 66.9 Å². The number of aromatic nitrogens is 4. The molecule has 5 heterocycles. The molecule has 1 atom stereocenters. The monoisotopic (exact) mass is 629 g/mol. The number of rotatable bonds is 6. The van der Waals surface area contributed by atoms with E-state index in [1.54, 1.807) is 0 Å². The average molecular weight is 630 g/mol. The largest absolute Gasteiger partial charge is 0.504 e. The Morgan fingerprint density at radius 1 is 1.18 bits per heavy atom. The van der Waals surface area contributed by atoms with Gasteiger partial charge in [0.2, 0.25) is 11.9 Å². The Kier molecular flexibility index (Phi) is 7.37. The van der Waals surface area contributed by atoms with E-state index >= 15 is 4.39 Å². The highest BCUT2D eigenvalue weighted by Crippen LogP contribution is 2.40. The van der Waals surface area contributed by atoms with Gasteiger partial charge in [-0.25, -0.2) is 14.4 Å². The minimum Gasteiger partial charge on any atom is -0.504 e. The second-order valence-corrected chi connectivity index (χ2v) is 11.0. The fourth-order valence-corrected chi connectivity index (χ4v) is 5.75. The average Bonchev–Trinajstić information content (AvgIpc) is 3.60. The molecule has 13 nitrogen and oxygen atoms in total. The number of carbonyl (C=O) groups is 2. The zero-order valence-electron chi connectivity index (χ0n) is 23.2. The fraction of sp³-hybridized carbons (Fsp3) is 0.321.